The first-order valence-electron chi connectivity index (χ1n) is 17.5. The van der Waals surface area contributed by atoms with E-state index in [4.69, 9.17) is 0 Å². The predicted octanol–water partition coefficient (Wildman–Crippen LogP) is 14.3. The number of thiophene rings is 1. The molecule has 0 saturated carbocycles. The second kappa shape index (κ2) is 10.1. The second-order valence-corrected chi connectivity index (χ2v) is 15.4. The van der Waals surface area contributed by atoms with Gasteiger partial charge in [-0.15, -0.1) is 11.3 Å². The lowest BCUT2D eigenvalue weighted by molar-refractivity contribution is 0.667. The van der Waals surface area contributed by atoms with Gasteiger partial charge in [0.1, 0.15) is 0 Å². The van der Waals surface area contributed by atoms with Gasteiger partial charge in [0.05, 0.1) is 0 Å². The Morgan fingerprint density at radius 1 is 0.380 bits per heavy atom. The van der Waals surface area contributed by atoms with Crippen LogP contribution < -0.4 is 0 Å². The van der Waals surface area contributed by atoms with Gasteiger partial charge in [0.2, 0.25) is 0 Å². The first kappa shape index (κ1) is 28.1. The normalized spacial score (nSPS) is 13.6. The van der Waals surface area contributed by atoms with E-state index in [9.17, 15) is 0 Å². The fourth-order valence-electron chi connectivity index (χ4n) is 9.11. The smallest absolute Gasteiger partial charge is 0.0433 e. The molecule has 0 saturated heterocycles. The fraction of sp³-hybridized carbons (Fsp3) is 0.0612. The van der Waals surface area contributed by atoms with Crippen molar-refractivity contribution < 1.29 is 0 Å². The molecule has 0 unspecified atom stereocenters. The molecule has 1 aliphatic carbocycles. The van der Waals surface area contributed by atoms with Crippen molar-refractivity contribution in [1.29, 1.82) is 0 Å². The predicted molar refractivity (Wildman–Crippen MR) is 218 cm³/mol. The minimum Gasteiger partial charge on any atom is -0.134 e. The summed E-state index contributed by atoms with van der Waals surface area (Å²) in [6.45, 7) is 4.84. The Hall–Kier alpha value is -5.76. The Labute approximate surface area is 294 Å². The summed E-state index contributed by atoms with van der Waals surface area (Å²) in [6, 6.07) is 59.1. The van der Waals surface area contributed by atoms with Crippen molar-refractivity contribution in [2.75, 3.05) is 0 Å². The standard InChI is InChI=1S/C49H32S/c1-49(2)43-26-22-33(28-42(43)39-24-25-41-40-23-21-30-12-5-6-14-34(30)47(40)50-48(41)46(39)49)45-37-17-9-7-15-35(37)44(36-16-8-10-18-38(36)45)32-20-19-29-11-3-4-13-31(29)27-32/h3-28H,1-2H3. The summed E-state index contributed by atoms with van der Waals surface area (Å²) in [6.07, 6.45) is 0. The monoisotopic (exact) mass is 652 g/mol. The summed E-state index contributed by atoms with van der Waals surface area (Å²) < 4.78 is 2.82. The van der Waals surface area contributed by atoms with Crippen LogP contribution in [0.1, 0.15) is 25.0 Å². The lowest BCUT2D eigenvalue weighted by atomic mass is 9.81. The van der Waals surface area contributed by atoms with Crippen LogP contribution in [-0.2, 0) is 5.41 Å². The fourth-order valence-corrected chi connectivity index (χ4v) is 10.7. The molecular weight excluding hydrogens is 621 g/mol. The highest BCUT2D eigenvalue weighted by Crippen LogP contribution is 2.55. The van der Waals surface area contributed by atoms with Gasteiger partial charge in [-0.25, -0.2) is 0 Å². The Balaban J connectivity index is 1.17. The topological polar surface area (TPSA) is 0 Å². The van der Waals surface area contributed by atoms with Gasteiger partial charge in [-0.2, -0.15) is 0 Å². The van der Waals surface area contributed by atoms with Crippen LogP contribution in [0.5, 0.6) is 0 Å². The summed E-state index contributed by atoms with van der Waals surface area (Å²) in [5.41, 5.74) is 10.6. The van der Waals surface area contributed by atoms with Crippen LogP contribution in [0, 0.1) is 0 Å². The lowest BCUT2D eigenvalue weighted by Gasteiger charge is -2.22. The molecule has 0 fully saturated rings. The molecule has 0 nitrogen and oxygen atoms in total. The average Bonchev–Trinajstić information content (AvgIpc) is 3.65. The van der Waals surface area contributed by atoms with E-state index < -0.39 is 0 Å². The molecular formula is C49H32S. The van der Waals surface area contributed by atoms with Crippen molar-refractivity contribution in [3.8, 4) is 33.4 Å². The van der Waals surface area contributed by atoms with E-state index in [1.54, 1.807) is 0 Å². The zero-order valence-corrected chi connectivity index (χ0v) is 28.7. The van der Waals surface area contributed by atoms with E-state index in [-0.39, 0.29) is 5.41 Å². The molecule has 0 atom stereocenters. The summed E-state index contributed by atoms with van der Waals surface area (Å²) in [4.78, 5) is 0. The summed E-state index contributed by atoms with van der Waals surface area (Å²) in [5, 5.41) is 13.1. The van der Waals surface area contributed by atoms with Crippen molar-refractivity contribution in [3.05, 3.63) is 169 Å². The Bertz CT molecular complexity index is 3010. The van der Waals surface area contributed by atoms with E-state index in [0.29, 0.717) is 0 Å². The van der Waals surface area contributed by atoms with Crippen molar-refractivity contribution in [3.63, 3.8) is 0 Å². The van der Waals surface area contributed by atoms with Crippen molar-refractivity contribution in [1.82, 2.24) is 0 Å². The third-order valence-corrected chi connectivity index (χ3v) is 12.7. The Morgan fingerprint density at radius 2 is 0.900 bits per heavy atom. The third-order valence-electron chi connectivity index (χ3n) is 11.4. The van der Waals surface area contributed by atoms with E-state index >= 15 is 0 Å². The van der Waals surface area contributed by atoms with Gasteiger partial charge in [0, 0.05) is 25.6 Å². The molecule has 1 heteroatoms. The van der Waals surface area contributed by atoms with E-state index in [1.165, 1.54) is 108 Å². The molecule has 0 aliphatic heterocycles. The van der Waals surface area contributed by atoms with E-state index in [0.717, 1.165) is 0 Å². The minimum atomic E-state index is -0.108. The van der Waals surface area contributed by atoms with Crippen LogP contribution in [0.2, 0.25) is 0 Å². The number of fused-ring (bicyclic) bond motifs is 12. The number of hydrogen-bond donors (Lipinski definition) is 0. The highest BCUT2D eigenvalue weighted by atomic mass is 32.1. The Kier molecular flexibility index (Phi) is 5.70. The Morgan fingerprint density at radius 3 is 1.60 bits per heavy atom. The van der Waals surface area contributed by atoms with Gasteiger partial charge in [-0.1, -0.05) is 159 Å². The van der Waals surface area contributed by atoms with Gasteiger partial charge in [-0.05, 0) is 99.7 Å². The molecule has 1 aliphatic rings. The van der Waals surface area contributed by atoms with E-state index in [1.807, 2.05) is 11.3 Å². The van der Waals surface area contributed by atoms with Gasteiger partial charge >= 0.3 is 0 Å². The molecule has 50 heavy (non-hydrogen) atoms. The maximum absolute atomic E-state index is 2.49. The first-order valence-corrected chi connectivity index (χ1v) is 18.3. The summed E-state index contributed by atoms with van der Waals surface area (Å²) in [7, 11) is 0. The van der Waals surface area contributed by atoms with Crippen LogP contribution >= 0.6 is 11.3 Å². The zero-order chi connectivity index (χ0) is 33.1. The van der Waals surface area contributed by atoms with Crippen molar-refractivity contribution in [2.45, 2.75) is 19.3 Å². The van der Waals surface area contributed by atoms with Crippen LogP contribution in [0.3, 0.4) is 0 Å². The van der Waals surface area contributed by atoms with Gasteiger partial charge in [0.25, 0.3) is 0 Å². The largest absolute Gasteiger partial charge is 0.134 e. The maximum Gasteiger partial charge on any atom is 0.0433 e. The number of rotatable bonds is 2. The molecule has 1 aromatic heterocycles. The SMILES string of the molecule is CC1(C)c2ccc(-c3c4ccccc4c(-c4ccc5ccccc5c4)c4ccccc34)cc2-c2ccc3c(sc4c5ccccc5ccc34)c21. The van der Waals surface area contributed by atoms with Crippen molar-refractivity contribution in [2.24, 2.45) is 0 Å². The van der Waals surface area contributed by atoms with E-state index in [2.05, 4.69) is 172 Å². The molecule has 0 radical (unpaired) electrons. The second-order valence-electron chi connectivity index (χ2n) is 14.4. The molecule has 0 amide bonds. The number of benzene rings is 9. The molecule has 10 aromatic rings. The summed E-state index contributed by atoms with van der Waals surface area (Å²) in [5.74, 6) is 0. The average molecular weight is 653 g/mol. The molecule has 11 rings (SSSR count). The molecule has 0 bridgehead atoms. The van der Waals surface area contributed by atoms with Crippen molar-refractivity contribution >= 4 is 74.6 Å². The van der Waals surface area contributed by atoms with Gasteiger partial charge in [0.15, 0.2) is 0 Å². The lowest BCUT2D eigenvalue weighted by Crippen LogP contribution is -2.15. The number of hydrogen-bond acceptors (Lipinski definition) is 1. The highest BCUT2D eigenvalue weighted by molar-refractivity contribution is 7.27. The first-order chi connectivity index (χ1) is 24.6. The van der Waals surface area contributed by atoms with Gasteiger partial charge < -0.3 is 0 Å². The quantitative estimate of drug-likeness (QED) is 0.163. The molecule has 1 heterocycles. The molecule has 0 spiro atoms. The van der Waals surface area contributed by atoms with Crippen LogP contribution in [0.4, 0.5) is 0 Å². The van der Waals surface area contributed by atoms with Crippen LogP contribution in [-0.4, -0.2) is 0 Å². The zero-order valence-electron chi connectivity index (χ0n) is 27.9. The molecule has 0 N–H and O–H groups in total. The van der Waals surface area contributed by atoms with Crippen LogP contribution in [0.25, 0.3) is 96.6 Å². The minimum absolute atomic E-state index is 0.108. The highest BCUT2D eigenvalue weighted by Gasteiger charge is 2.38. The maximum atomic E-state index is 2.49. The van der Waals surface area contributed by atoms with Crippen LogP contribution in [0.15, 0.2) is 158 Å². The third kappa shape index (κ3) is 3.76. The molecule has 234 valence electrons. The van der Waals surface area contributed by atoms with Gasteiger partial charge in [-0.3, -0.25) is 0 Å². The summed E-state index contributed by atoms with van der Waals surface area (Å²) >= 11 is 1.97. The molecule has 9 aromatic carbocycles.